The molecule has 0 fully saturated rings. The van der Waals surface area contributed by atoms with Gasteiger partial charge in [-0.25, -0.2) is 4.98 Å². The zero-order chi connectivity index (χ0) is 13.0. The van der Waals surface area contributed by atoms with Crippen LogP contribution in [0, 0.1) is 6.92 Å². The molecule has 0 aliphatic heterocycles. The lowest BCUT2D eigenvalue weighted by Crippen LogP contribution is -2.10. The van der Waals surface area contributed by atoms with Gasteiger partial charge in [-0.3, -0.25) is 0 Å². The Bertz CT molecular complexity index is 520. The first kappa shape index (κ1) is 12.6. The number of nitrogens with one attached hydrogen (secondary N) is 1. The highest BCUT2D eigenvalue weighted by Crippen LogP contribution is 2.31. The molecule has 0 aliphatic rings. The van der Waals surface area contributed by atoms with Crippen LogP contribution in [0.5, 0.6) is 5.75 Å². The molecule has 18 heavy (non-hydrogen) atoms. The third-order valence-corrected chi connectivity index (χ3v) is 2.76. The molecule has 0 saturated heterocycles. The zero-order valence-corrected chi connectivity index (χ0v) is 11.0. The van der Waals surface area contributed by atoms with Crippen molar-refractivity contribution < 1.29 is 9.15 Å². The number of oxazole rings is 1. The highest BCUT2D eigenvalue weighted by Gasteiger charge is 2.11. The van der Waals surface area contributed by atoms with Gasteiger partial charge in [-0.1, -0.05) is 11.6 Å². The predicted octanol–water partition coefficient (Wildman–Crippen LogP) is 2.42. The van der Waals surface area contributed by atoms with Crippen molar-refractivity contribution >= 4 is 0 Å². The minimum Gasteiger partial charge on any atom is -0.496 e. The number of aromatic nitrogens is 1. The number of methoxy groups -OCH3 is 1. The van der Waals surface area contributed by atoms with E-state index in [0.717, 1.165) is 35.9 Å². The second-order valence-corrected chi connectivity index (χ2v) is 4.18. The monoisotopic (exact) mass is 246 g/mol. The lowest BCUT2D eigenvalue weighted by molar-refractivity contribution is 0.413. The van der Waals surface area contributed by atoms with Crippen LogP contribution in [0.2, 0.25) is 0 Å². The summed E-state index contributed by atoms with van der Waals surface area (Å²) in [5.74, 6) is 2.29. The molecule has 0 spiro atoms. The first-order valence-electron chi connectivity index (χ1n) is 5.99. The Morgan fingerprint density at radius 3 is 2.94 bits per heavy atom. The normalized spacial score (nSPS) is 10.6. The summed E-state index contributed by atoms with van der Waals surface area (Å²) < 4.78 is 11.1. The van der Waals surface area contributed by atoms with Gasteiger partial charge in [-0.15, -0.1) is 0 Å². The number of benzene rings is 1. The van der Waals surface area contributed by atoms with Crippen LogP contribution in [0.25, 0.3) is 11.3 Å². The fourth-order valence-electron chi connectivity index (χ4n) is 1.80. The standard InChI is InChI=1S/C14H18N2O2/c1-10-4-5-12(17-3)11(8-10)13-9-16-14(18-13)6-7-15-2/h4-5,8-9,15H,6-7H2,1-3H3. The van der Waals surface area contributed by atoms with Crippen LogP contribution >= 0.6 is 0 Å². The van der Waals surface area contributed by atoms with Crippen LogP contribution in [0.15, 0.2) is 28.8 Å². The maximum absolute atomic E-state index is 5.74. The van der Waals surface area contributed by atoms with Gasteiger partial charge in [-0.05, 0) is 26.1 Å². The number of hydrogen-bond donors (Lipinski definition) is 1. The molecule has 4 nitrogen and oxygen atoms in total. The maximum atomic E-state index is 5.74. The van der Waals surface area contributed by atoms with Gasteiger partial charge >= 0.3 is 0 Å². The molecule has 0 amide bonds. The number of rotatable bonds is 5. The average Bonchev–Trinajstić information content (AvgIpc) is 2.85. The third kappa shape index (κ3) is 2.71. The highest BCUT2D eigenvalue weighted by atomic mass is 16.5. The van der Waals surface area contributed by atoms with Crippen LogP contribution in [-0.4, -0.2) is 25.7 Å². The van der Waals surface area contributed by atoms with E-state index < -0.39 is 0 Å². The fourth-order valence-corrected chi connectivity index (χ4v) is 1.80. The first-order chi connectivity index (χ1) is 8.74. The number of likely N-dealkylation sites (N-methyl/N-ethyl adjacent to an activating group) is 1. The summed E-state index contributed by atoms with van der Waals surface area (Å²) >= 11 is 0. The molecule has 0 aliphatic carbocycles. The molecule has 0 radical (unpaired) electrons. The molecular formula is C14H18N2O2. The number of nitrogens with zero attached hydrogens (tertiary/aromatic N) is 1. The second-order valence-electron chi connectivity index (χ2n) is 4.18. The molecule has 2 aromatic rings. The van der Waals surface area contributed by atoms with Crippen molar-refractivity contribution in [3.8, 4) is 17.1 Å². The van der Waals surface area contributed by atoms with Gasteiger partial charge in [0.2, 0.25) is 0 Å². The minimum absolute atomic E-state index is 0.739. The lowest BCUT2D eigenvalue weighted by atomic mass is 10.1. The van der Waals surface area contributed by atoms with Gasteiger partial charge in [-0.2, -0.15) is 0 Å². The largest absolute Gasteiger partial charge is 0.496 e. The van der Waals surface area contributed by atoms with E-state index in [-0.39, 0.29) is 0 Å². The summed E-state index contributed by atoms with van der Waals surface area (Å²) in [7, 11) is 3.57. The minimum atomic E-state index is 0.739. The first-order valence-corrected chi connectivity index (χ1v) is 5.99. The van der Waals surface area contributed by atoms with E-state index in [0.29, 0.717) is 0 Å². The molecule has 0 bridgehead atoms. The van der Waals surface area contributed by atoms with Gasteiger partial charge in [0, 0.05) is 13.0 Å². The molecule has 1 N–H and O–H groups in total. The maximum Gasteiger partial charge on any atom is 0.196 e. The lowest BCUT2D eigenvalue weighted by Gasteiger charge is -2.06. The Labute approximate surface area is 107 Å². The number of hydrogen-bond acceptors (Lipinski definition) is 4. The Kier molecular flexibility index (Phi) is 3.99. The molecule has 1 aromatic carbocycles. The molecular weight excluding hydrogens is 228 g/mol. The van der Waals surface area contributed by atoms with Crippen molar-refractivity contribution in [2.75, 3.05) is 20.7 Å². The molecule has 4 heteroatoms. The van der Waals surface area contributed by atoms with E-state index in [9.17, 15) is 0 Å². The van der Waals surface area contributed by atoms with Gasteiger partial charge < -0.3 is 14.5 Å². The van der Waals surface area contributed by atoms with E-state index in [1.165, 1.54) is 5.56 Å². The van der Waals surface area contributed by atoms with Crippen LogP contribution in [0.1, 0.15) is 11.5 Å². The molecule has 0 atom stereocenters. The van der Waals surface area contributed by atoms with Crippen molar-refractivity contribution in [1.82, 2.24) is 10.3 Å². The summed E-state index contributed by atoms with van der Waals surface area (Å²) in [6.45, 7) is 2.89. The Hall–Kier alpha value is -1.81. The zero-order valence-electron chi connectivity index (χ0n) is 11.0. The Balaban J connectivity index is 2.30. The second kappa shape index (κ2) is 5.69. The third-order valence-electron chi connectivity index (χ3n) is 2.76. The van der Waals surface area contributed by atoms with Crippen molar-refractivity contribution in [2.24, 2.45) is 0 Å². The van der Waals surface area contributed by atoms with E-state index in [2.05, 4.69) is 10.3 Å². The van der Waals surface area contributed by atoms with E-state index in [4.69, 9.17) is 9.15 Å². The number of ether oxygens (including phenoxy) is 1. The molecule has 0 unspecified atom stereocenters. The van der Waals surface area contributed by atoms with E-state index in [1.807, 2.05) is 32.2 Å². The van der Waals surface area contributed by atoms with Crippen LogP contribution in [-0.2, 0) is 6.42 Å². The van der Waals surface area contributed by atoms with Crippen LogP contribution < -0.4 is 10.1 Å². The summed E-state index contributed by atoms with van der Waals surface area (Å²) in [6, 6.07) is 6.00. The fraction of sp³-hybridized carbons (Fsp3) is 0.357. The Morgan fingerprint density at radius 2 is 2.22 bits per heavy atom. The summed E-state index contributed by atoms with van der Waals surface area (Å²) in [4.78, 5) is 4.27. The smallest absolute Gasteiger partial charge is 0.196 e. The van der Waals surface area contributed by atoms with Gasteiger partial charge in [0.1, 0.15) is 5.75 Å². The van der Waals surface area contributed by atoms with Crippen molar-refractivity contribution in [3.05, 3.63) is 35.9 Å². The molecule has 1 heterocycles. The SMILES string of the molecule is CNCCc1ncc(-c2cc(C)ccc2OC)o1. The predicted molar refractivity (Wildman–Crippen MR) is 70.9 cm³/mol. The van der Waals surface area contributed by atoms with Gasteiger partial charge in [0.05, 0.1) is 18.9 Å². The average molecular weight is 246 g/mol. The van der Waals surface area contributed by atoms with E-state index in [1.54, 1.807) is 13.3 Å². The molecule has 0 saturated carbocycles. The molecule has 2 rings (SSSR count). The highest BCUT2D eigenvalue weighted by molar-refractivity contribution is 5.66. The Morgan fingerprint density at radius 1 is 1.39 bits per heavy atom. The topological polar surface area (TPSA) is 47.3 Å². The van der Waals surface area contributed by atoms with E-state index >= 15 is 0 Å². The molecule has 1 aromatic heterocycles. The summed E-state index contributed by atoms with van der Waals surface area (Å²) in [6.07, 6.45) is 2.53. The molecule has 96 valence electrons. The van der Waals surface area contributed by atoms with Crippen molar-refractivity contribution in [1.29, 1.82) is 0 Å². The summed E-state index contributed by atoms with van der Waals surface area (Å²) in [5, 5.41) is 3.07. The number of aryl methyl sites for hydroxylation is 1. The van der Waals surface area contributed by atoms with Gasteiger partial charge in [0.15, 0.2) is 11.7 Å². The van der Waals surface area contributed by atoms with Crippen molar-refractivity contribution in [2.45, 2.75) is 13.3 Å². The van der Waals surface area contributed by atoms with Crippen LogP contribution in [0.4, 0.5) is 0 Å². The summed E-state index contributed by atoms with van der Waals surface area (Å²) in [5.41, 5.74) is 2.11. The van der Waals surface area contributed by atoms with Gasteiger partial charge in [0.25, 0.3) is 0 Å². The van der Waals surface area contributed by atoms with Crippen LogP contribution in [0.3, 0.4) is 0 Å². The quantitative estimate of drug-likeness (QED) is 0.880. The van der Waals surface area contributed by atoms with Crippen molar-refractivity contribution in [3.63, 3.8) is 0 Å².